The maximum absolute atomic E-state index is 13.5. The Balaban J connectivity index is 1.47. The van der Waals surface area contributed by atoms with E-state index in [1.807, 2.05) is 59.3 Å². The number of hydrogen-bond donors (Lipinski definition) is 0. The fourth-order valence-electron chi connectivity index (χ4n) is 3.95. The van der Waals surface area contributed by atoms with Crippen molar-refractivity contribution in [3.8, 4) is 0 Å². The smallest absolute Gasteiger partial charge is 0.293 e. The molecular formula is C26H17BrClFN2O2S. The average Bonchev–Trinajstić information content (AvgIpc) is 3.28. The third kappa shape index (κ3) is 4.56. The van der Waals surface area contributed by atoms with Gasteiger partial charge < -0.3 is 4.57 Å². The standard InChI is InChI=1S/C26H17BrClFN2O2S/c27-19-5-3-4-16(10-19)13-31-25(32)24(34-26(31)33)11-18-15-30(23-7-2-1-6-21(18)23)14-17-8-9-20(29)12-22(17)28/h1-12,15H,13-14H2/b24-11-. The summed E-state index contributed by atoms with van der Waals surface area (Å²) in [6, 6.07) is 19.7. The fraction of sp³-hybridized carbons (Fsp3) is 0.0769. The van der Waals surface area contributed by atoms with Crippen LogP contribution in [0.1, 0.15) is 16.7 Å². The molecule has 3 aromatic carbocycles. The molecule has 1 aliphatic heterocycles. The van der Waals surface area contributed by atoms with E-state index >= 15 is 0 Å². The summed E-state index contributed by atoms with van der Waals surface area (Å²) in [7, 11) is 0. The van der Waals surface area contributed by atoms with E-state index < -0.39 is 0 Å². The molecule has 170 valence electrons. The van der Waals surface area contributed by atoms with E-state index in [9.17, 15) is 14.0 Å². The van der Waals surface area contributed by atoms with Gasteiger partial charge in [0, 0.05) is 38.7 Å². The molecule has 0 radical (unpaired) electrons. The minimum atomic E-state index is -0.384. The first kappa shape index (κ1) is 22.9. The van der Waals surface area contributed by atoms with Crippen molar-refractivity contribution in [2.24, 2.45) is 0 Å². The van der Waals surface area contributed by atoms with E-state index in [-0.39, 0.29) is 23.5 Å². The minimum absolute atomic E-state index is 0.215. The quantitative estimate of drug-likeness (QED) is 0.240. The number of nitrogens with zero attached hydrogens (tertiary/aromatic N) is 2. The maximum Gasteiger partial charge on any atom is 0.293 e. The molecule has 0 spiro atoms. The van der Waals surface area contributed by atoms with Crippen LogP contribution in [-0.4, -0.2) is 20.6 Å². The first-order valence-corrected chi connectivity index (χ1v) is 12.4. The summed E-state index contributed by atoms with van der Waals surface area (Å²) < 4.78 is 16.4. The van der Waals surface area contributed by atoms with Gasteiger partial charge in [0.25, 0.3) is 11.1 Å². The van der Waals surface area contributed by atoms with Crippen molar-refractivity contribution in [3.63, 3.8) is 0 Å². The first-order chi connectivity index (χ1) is 16.4. The van der Waals surface area contributed by atoms with Gasteiger partial charge in [0.05, 0.1) is 11.4 Å². The van der Waals surface area contributed by atoms with Gasteiger partial charge >= 0.3 is 0 Å². The van der Waals surface area contributed by atoms with Gasteiger partial charge in [-0.25, -0.2) is 4.39 Å². The highest BCUT2D eigenvalue weighted by Crippen LogP contribution is 2.35. The predicted molar refractivity (Wildman–Crippen MR) is 138 cm³/mol. The highest BCUT2D eigenvalue weighted by Gasteiger charge is 2.35. The predicted octanol–water partition coefficient (Wildman–Crippen LogP) is 7.48. The van der Waals surface area contributed by atoms with Crippen LogP contribution in [-0.2, 0) is 17.9 Å². The molecule has 4 nitrogen and oxygen atoms in total. The summed E-state index contributed by atoms with van der Waals surface area (Å²) in [4.78, 5) is 27.3. The van der Waals surface area contributed by atoms with Crippen molar-refractivity contribution in [1.29, 1.82) is 0 Å². The van der Waals surface area contributed by atoms with E-state index in [1.165, 1.54) is 17.0 Å². The van der Waals surface area contributed by atoms with E-state index in [1.54, 1.807) is 12.1 Å². The summed E-state index contributed by atoms with van der Waals surface area (Å²) in [6.45, 7) is 0.657. The fourth-order valence-corrected chi connectivity index (χ4v) is 5.45. The number of aromatic nitrogens is 1. The molecular weight excluding hydrogens is 539 g/mol. The summed E-state index contributed by atoms with van der Waals surface area (Å²) in [5.74, 6) is -0.696. The Labute approximate surface area is 213 Å². The van der Waals surface area contributed by atoms with Crippen LogP contribution < -0.4 is 0 Å². The van der Waals surface area contributed by atoms with Gasteiger partial charge in [-0.15, -0.1) is 0 Å². The van der Waals surface area contributed by atoms with Crippen molar-refractivity contribution in [1.82, 2.24) is 9.47 Å². The van der Waals surface area contributed by atoms with Crippen molar-refractivity contribution < 1.29 is 14.0 Å². The lowest BCUT2D eigenvalue weighted by atomic mass is 10.1. The molecule has 0 aliphatic carbocycles. The number of benzene rings is 3. The molecule has 5 rings (SSSR count). The molecule has 1 fully saturated rings. The number of carbonyl (C=O) groups excluding carboxylic acids is 2. The third-order valence-corrected chi connectivity index (χ3v) is 7.32. The van der Waals surface area contributed by atoms with Gasteiger partial charge in [-0.2, -0.15) is 0 Å². The number of para-hydroxylation sites is 1. The molecule has 2 amide bonds. The SMILES string of the molecule is O=C1S/C(=C\c2cn(Cc3ccc(F)cc3Cl)c3ccccc23)C(=O)N1Cc1cccc(Br)c1. The second-order valence-corrected chi connectivity index (χ2v) is 10.2. The summed E-state index contributed by atoms with van der Waals surface area (Å²) in [5.41, 5.74) is 3.42. The number of thioether (sulfide) groups is 1. The Morgan fingerprint density at radius 1 is 1.00 bits per heavy atom. The molecule has 1 saturated heterocycles. The lowest BCUT2D eigenvalue weighted by Crippen LogP contribution is -2.27. The third-order valence-electron chi connectivity index (χ3n) is 5.57. The Morgan fingerprint density at radius 3 is 2.62 bits per heavy atom. The monoisotopic (exact) mass is 554 g/mol. The van der Waals surface area contributed by atoms with Crippen LogP contribution in [0.5, 0.6) is 0 Å². The Hall–Kier alpha value is -2.87. The molecule has 0 bridgehead atoms. The molecule has 2 heterocycles. The zero-order chi connectivity index (χ0) is 23.8. The number of imide groups is 1. The number of hydrogen-bond acceptors (Lipinski definition) is 3. The van der Waals surface area contributed by atoms with Gasteiger partial charge in [0.15, 0.2) is 0 Å². The topological polar surface area (TPSA) is 42.3 Å². The van der Waals surface area contributed by atoms with Crippen LogP contribution >= 0.6 is 39.3 Å². The van der Waals surface area contributed by atoms with Crippen LogP contribution in [0.4, 0.5) is 9.18 Å². The van der Waals surface area contributed by atoms with Crippen molar-refractivity contribution in [3.05, 3.63) is 110 Å². The molecule has 4 aromatic rings. The highest BCUT2D eigenvalue weighted by molar-refractivity contribution is 9.10. The number of halogens is 3. The highest BCUT2D eigenvalue weighted by atomic mass is 79.9. The minimum Gasteiger partial charge on any atom is -0.342 e. The number of amides is 2. The Kier molecular flexibility index (Phi) is 6.34. The summed E-state index contributed by atoms with van der Waals surface area (Å²) in [6.07, 6.45) is 3.68. The molecule has 0 saturated carbocycles. The van der Waals surface area contributed by atoms with E-state index in [0.29, 0.717) is 16.5 Å². The Morgan fingerprint density at radius 2 is 1.82 bits per heavy atom. The van der Waals surface area contributed by atoms with Gasteiger partial charge in [-0.3, -0.25) is 14.5 Å². The van der Waals surface area contributed by atoms with Crippen LogP contribution in [0.3, 0.4) is 0 Å². The van der Waals surface area contributed by atoms with Crippen LogP contribution in [0, 0.1) is 5.82 Å². The molecule has 0 unspecified atom stereocenters. The van der Waals surface area contributed by atoms with Gasteiger partial charge in [-0.05, 0) is 59.3 Å². The zero-order valence-electron chi connectivity index (χ0n) is 17.7. The summed E-state index contributed by atoms with van der Waals surface area (Å²) >= 11 is 10.6. The normalized spacial score (nSPS) is 15.1. The molecule has 0 N–H and O–H groups in total. The number of rotatable bonds is 5. The van der Waals surface area contributed by atoms with Crippen LogP contribution in [0.2, 0.25) is 5.02 Å². The van der Waals surface area contributed by atoms with Crippen molar-refractivity contribution >= 4 is 67.4 Å². The van der Waals surface area contributed by atoms with Crippen LogP contribution in [0.25, 0.3) is 17.0 Å². The van der Waals surface area contributed by atoms with Gasteiger partial charge in [0.2, 0.25) is 0 Å². The van der Waals surface area contributed by atoms with Gasteiger partial charge in [0.1, 0.15) is 5.82 Å². The second kappa shape index (κ2) is 9.41. The Bertz CT molecular complexity index is 1480. The van der Waals surface area contributed by atoms with Crippen molar-refractivity contribution in [2.45, 2.75) is 13.1 Å². The largest absolute Gasteiger partial charge is 0.342 e. The lowest BCUT2D eigenvalue weighted by molar-refractivity contribution is -0.123. The molecule has 0 atom stereocenters. The van der Waals surface area contributed by atoms with E-state index in [0.717, 1.165) is 43.8 Å². The number of fused-ring (bicyclic) bond motifs is 1. The number of carbonyl (C=O) groups is 2. The lowest BCUT2D eigenvalue weighted by Gasteiger charge is -2.12. The van der Waals surface area contributed by atoms with Crippen molar-refractivity contribution in [2.75, 3.05) is 0 Å². The molecule has 8 heteroatoms. The summed E-state index contributed by atoms with van der Waals surface area (Å²) in [5, 5.41) is 1.01. The van der Waals surface area contributed by atoms with E-state index in [4.69, 9.17) is 11.6 Å². The molecule has 1 aromatic heterocycles. The molecule has 34 heavy (non-hydrogen) atoms. The van der Waals surface area contributed by atoms with Gasteiger partial charge in [-0.1, -0.05) is 63.9 Å². The van der Waals surface area contributed by atoms with E-state index in [2.05, 4.69) is 15.9 Å². The van der Waals surface area contributed by atoms with Crippen LogP contribution in [0.15, 0.2) is 82.3 Å². The average molecular weight is 556 g/mol. The second-order valence-electron chi connectivity index (χ2n) is 7.86. The zero-order valence-corrected chi connectivity index (χ0v) is 20.8. The molecule has 1 aliphatic rings. The maximum atomic E-state index is 13.5. The first-order valence-electron chi connectivity index (χ1n) is 10.4.